The Kier molecular flexibility index (Phi) is 3.97. The standard InChI is InChI=1S/C16H14ClNO2S2/c17-11-6-8-12(9-7-11)22(19,20)15-13(14(15)16(18)21)10-4-2-1-3-5-10/h1-9,13-15H,(H2,18,21)/t13-,14+,15+/m0/s1. The van der Waals surface area contributed by atoms with Crippen LogP contribution >= 0.6 is 23.8 Å². The first kappa shape index (κ1) is 15.5. The topological polar surface area (TPSA) is 60.2 Å². The van der Waals surface area contributed by atoms with E-state index in [9.17, 15) is 8.42 Å². The highest BCUT2D eigenvalue weighted by molar-refractivity contribution is 7.92. The fourth-order valence-corrected chi connectivity index (χ4v) is 5.52. The fourth-order valence-electron chi connectivity index (χ4n) is 2.86. The lowest BCUT2D eigenvalue weighted by Crippen LogP contribution is -2.17. The van der Waals surface area contributed by atoms with Crippen LogP contribution in [-0.4, -0.2) is 18.7 Å². The molecule has 2 aromatic carbocycles. The maximum absolute atomic E-state index is 12.8. The molecule has 0 amide bonds. The molecule has 3 atom stereocenters. The van der Waals surface area contributed by atoms with E-state index in [-0.39, 0.29) is 21.7 Å². The average Bonchev–Trinajstić information content (AvgIpc) is 3.25. The van der Waals surface area contributed by atoms with Crippen LogP contribution in [0, 0.1) is 5.92 Å². The minimum atomic E-state index is -3.50. The first-order chi connectivity index (χ1) is 10.4. The van der Waals surface area contributed by atoms with Crippen LogP contribution in [0.15, 0.2) is 59.5 Å². The number of hydrogen-bond donors (Lipinski definition) is 1. The van der Waals surface area contributed by atoms with E-state index < -0.39 is 15.1 Å². The van der Waals surface area contributed by atoms with Crippen molar-refractivity contribution in [2.75, 3.05) is 0 Å². The van der Waals surface area contributed by atoms with Gasteiger partial charge in [-0.1, -0.05) is 54.2 Å². The molecule has 1 aliphatic carbocycles. The van der Waals surface area contributed by atoms with Gasteiger partial charge in [0.25, 0.3) is 0 Å². The van der Waals surface area contributed by atoms with Crippen molar-refractivity contribution < 1.29 is 8.42 Å². The molecule has 2 aromatic rings. The normalized spacial score (nSPS) is 24.0. The smallest absolute Gasteiger partial charge is 0.182 e. The van der Waals surface area contributed by atoms with Crippen LogP contribution < -0.4 is 5.73 Å². The van der Waals surface area contributed by atoms with Crippen LogP contribution in [0.3, 0.4) is 0 Å². The van der Waals surface area contributed by atoms with Crippen LogP contribution in [0.1, 0.15) is 11.5 Å². The molecule has 0 aromatic heterocycles. The zero-order chi connectivity index (χ0) is 15.9. The number of benzene rings is 2. The molecule has 2 N–H and O–H groups in total. The molecule has 0 saturated heterocycles. The zero-order valence-corrected chi connectivity index (χ0v) is 13.9. The van der Waals surface area contributed by atoms with Crippen LogP contribution in [0.5, 0.6) is 0 Å². The Labute approximate surface area is 140 Å². The Morgan fingerprint density at radius 3 is 2.18 bits per heavy atom. The summed E-state index contributed by atoms with van der Waals surface area (Å²) in [5.41, 5.74) is 6.71. The quantitative estimate of drug-likeness (QED) is 0.859. The molecule has 22 heavy (non-hydrogen) atoms. The first-order valence-corrected chi connectivity index (χ1v) is 9.10. The SMILES string of the molecule is NC(=S)[C@@H]1[C@H](c2ccccc2)[C@H]1S(=O)(=O)c1ccc(Cl)cc1. The predicted molar refractivity (Wildman–Crippen MR) is 91.9 cm³/mol. The third-order valence-corrected chi connectivity index (χ3v) is 6.72. The van der Waals surface area contributed by atoms with E-state index in [0.29, 0.717) is 5.02 Å². The van der Waals surface area contributed by atoms with E-state index in [1.54, 1.807) is 12.1 Å². The molecular formula is C16H14ClNO2S2. The van der Waals surface area contributed by atoms with E-state index in [1.165, 1.54) is 12.1 Å². The highest BCUT2D eigenvalue weighted by Crippen LogP contribution is 2.54. The van der Waals surface area contributed by atoms with E-state index in [4.69, 9.17) is 29.6 Å². The summed E-state index contributed by atoms with van der Waals surface area (Å²) < 4.78 is 25.7. The van der Waals surface area contributed by atoms with Crippen LogP contribution in [-0.2, 0) is 9.84 Å². The number of rotatable bonds is 4. The second kappa shape index (κ2) is 5.65. The van der Waals surface area contributed by atoms with Crippen molar-refractivity contribution in [3.8, 4) is 0 Å². The van der Waals surface area contributed by atoms with Gasteiger partial charge in [0.2, 0.25) is 0 Å². The minimum absolute atomic E-state index is 0.181. The van der Waals surface area contributed by atoms with Crippen molar-refractivity contribution in [3.63, 3.8) is 0 Å². The number of hydrogen-bond acceptors (Lipinski definition) is 3. The average molecular weight is 352 g/mol. The number of sulfone groups is 1. The predicted octanol–water partition coefficient (Wildman–Crippen LogP) is 3.18. The summed E-state index contributed by atoms with van der Waals surface area (Å²) in [6.07, 6.45) is 0. The molecule has 3 rings (SSSR count). The van der Waals surface area contributed by atoms with Gasteiger partial charge in [0.05, 0.1) is 15.1 Å². The maximum Gasteiger partial charge on any atom is 0.182 e. The molecule has 0 radical (unpaired) electrons. The van der Waals surface area contributed by atoms with Crippen LogP contribution in [0.25, 0.3) is 0 Å². The summed E-state index contributed by atoms with van der Waals surface area (Å²) in [4.78, 5) is 0.498. The molecule has 1 fully saturated rings. The van der Waals surface area contributed by atoms with E-state index in [2.05, 4.69) is 0 Å². The Morgan fingerprint density at radius 2 is 1.64 bits per heavy atom. The molecule has 0 unspecified atom stereocenters. The van der Waals surface area contributed by atoms with Gasteiger partial charge >= 0.3 is 0 Å². The number of thiocarbonyl (C=S) groups is 1. The molecule has 1 saturated carbocycles. The van der Waals surface area contributed by atoms with E-state index in [1.807, 2.05) is 30.3 Å². The molecule has 1 aliphatic rings. The van der Waals surface area contributed by atoms with Gasteiger partial charge in [0.15, 0.2) is 9.84 Å². The number of halogens is 1. The molecule has 0 aliphatic heterocycles. The molecule has 114 valence electrons. The van der Waals surface area contributed by atoms with E-state index in [0.717, 1.165) is 5.56 Å². The van der Waals surface area contributed by atoms with Crippen molar-refractivity contribution in [1.82, 2.24) is 0 Å². The lowest BCUT2D eigenvalue weighted by atomic mass is 10.1. The first-order valence-electron chi connectivity index (χ1n) is 6.76. The van der Waals surface area contributed by atoms with Gasteiger partial charge in [-0.15, -0.1) is 0 Å². The van der Waals surface area contributed by atoms with Gasteiger partial charge in [-0.25, -0.2) is 8.42 Å². The Balaban J connectivity index is 1.99. The monoisotopic (exact) mass is 351 g/mol. The highest BCUT2D eigenvalue weighted by Gasteiger charge is 2.60. The third kappa shape index (κ3) is 2.64. The van der Waals surface area contributed by atoms with Crippen molar-refractivity contribution in [2.45, 2.75) is 16.1 Å². The van der Waals surface area contributed by atoms with Gasteiger partial charge in [-0.2, -0.15) is 0 Å². The second-order valence-electron chi connectivity index (χ2n) is 5.33. The van der Waals surface area contributed by atoms with Crippen molar-refractivity contribution in [3.05, 3.63) is 65.2 Å². The Bertz CT molecular complexity index is 804. The molecule has 6 heteroatoms. The zero-order valence-electron chi connectivity index (χ0n) is 11.5. The van der Waals surface area contributed by atoms with Gasteiger partial charge in [0, 0.05) is 16.9 Å². The summed E-state index contributed by atoms with van der Waals surface area (Å²) in [6, 6.07) is 15.7. The van der Waals surface area contributed by atoms with Gasteiger partial charge in [-0.3, -0.25) is 0 Å². The molecular weight excluding hydrogens is 338 g/mol. The summed E-state index contributed by atoms with van der Waals surface area (Å²) in [5, 5.41) is -0.103. The van der Waals surface area contributed by atoms with E-state index >= 15 is 0 Å². The van der Waals surface area contributed by atoms with Gasteiger partial charge in [-0.05, 0) is 29.8 Å². The maximum atomic E-state index is 12.8. The van der Waals surface area contributed by atoms with Crippen molar-refractivity contribution in [1.29, 1.82) is 0 Å². The largest absolute Gasteiger partial charge is 0.393 e. The molecule has 3 nitrogen and oxygen atoms in total. The summed E-state index contributed by atoms with van der Waals surface area (Å²) >= 11 is 10.9. The molecule has 0 heterocycles. The van der Waals surface area contributed by atoms with Crippen LogP contribution in [0.2, 0.25) is 5.02 Å². The molecule has 0 bridgehead atoms. The van der Waals surface area contributed by atoms with Gasteiger partial charge in [0.1, 0.15) is 0 Å². The number of nitrogens with two attached hydrogens (primary N) is 1. The summed E-state index contributed by atoms with van der Waals surface area (Å²) in [6.45, 7) is 0. The Hall–Kier alpha value is -1.43. The molecule has 0 spiro atoms. The fraction of sp³-hybridized carbons (Fsp3) is 0.188. The Morgan fingerprint density at radius 1 is 1.05 bits per heavy atom. The third-order valence-electron chi connectivity index (χ3n) is 3.97. The lowest BCUT2D eigenvalue weighted by Gasteiger charge is -2.04. The lowest BCUT2D eigenvalue weighted by molar-refractivity contribution is 0.593. The van der Waals surface area contributed by atoms with Crippen molar-refractivity contribution in [2.24, 2.45) is 11.7 Å². The van der Waals surface area contributed by atoms with Crippen LogP contribution in [0.4, 0.5) is 0 Å². The van der Waals surface area contributed by atoms with Crippen molar-refractivity contribution >= 4 is 38.6 Å². The van der Waals surface area contributed by atoms with Gasteiger partial charge < -0.3 is 5.73 Å². The summed E-state index contributed by atoms with van der Waals surface area (Å²) in [5.74, 6) is -0.502. The minimum Gasteiger partial charge on any atom is -0.393 e. The second-order valence-corrected chi connectivity index (χ2v) is 8.34. The highest BCUT2D eigenvalue weighted by atomic mass is 35.5. The summed E-state index contributed by atoms with van der Waals surface area (Å²) in [7, 11) is -3.50.